The van der Waals surface area contributed by atoms with Gasteiger partial charge in [0.1, 0.15) is 0 Å². The van der Waals surface area contributed by atoms with E-state index in [1.54, 1.807) is 28.4 Å². The Morgan fingerprint density at radius 2 is 0.889 bits per heavy atom. The maximum atomic E-state index is 5.40. The van der Waals surface area contributed by atoms with Gasteiger partial charge in [0.2, 0.25) is 0 Å². The molecule has 0 N–H and O–H groups in total. The van der Waals surface area contributed by atoms with Gasteiger partial charge in [-0.15, -0.1) is 0 Å². The Morgan fingerprint density at radius 3 is 1.22 bits per heavy atom. The second kappa shape index (κ2) is 10.8. The summed E-state index contributed by atoms with van der Waals surface area (Å²) in [5, 5.41) is 0. The molecule has 2 rings (SSSR count). The molecule has 0 radical (unpaired) electrons. The smallest absolute Gasteiger partial charge is 0.161 e. The topological polar surface area (TPSA) is 36.9 Å². The van der Waals surface area contributed by atoms with Crippen LogP contribution in [0.4, 0.5) is 0 Å². The van der Waals surface area contributed by atoms with Crippen LogP contribution in [0.1, 0.15) is 30.4 Å². The molecule has 0 aliphatic rings. The van der Waals surface area contributed by atoms with E-state index >= 15 is 0 Å². The summed E-state index contributed by atoms with van der Waals surface area (Å²) in [4.78, 5) is 0. The zero-order valence-electron chi connectivity index (χ0n) is 16.2. The lowest BCUT2D eigenvalue weighted by Gasteiger charge is -2.13. The molecule has 0 amide bonds. The third kappa shape index (κ3) is 5.79. The van der Waals surface area contributed by atoms with Crippen LogP contribution in [0.15, 0.2) is 33.2 Å². The number of methoxy groups -OCH3 is 4. The van der Waals surface area contributed by atoms with Crippen LogP contribution in [0.25, 0.3) is 0 Å². The van der Waals surface area contributed by atoms with E-state index in [-0.39, 0.29) is 0 Å². The van der Waals surface area contributed by atoms with Crippen molar-refractivity contribution in [1.29, 1.82) is 0 Å². The van der Waals surface area contributed by atoms with Gasteiger partial charge >= 0.3 is 0 Å². The maximum Gasteiger partial charge on any atom is 0.161 e. The number of aryl methyl sites for hydroxylation is 2. The van der Waals surface area contributed by atoms with E-state index in [1.165, 1.54) is 11.1 Å². The highest BCUT2D eigenvalue weighted by molar-refractivity contribution is 9.10. The average molecular weight is 502 g/mol. The molecule has 0 spiro atoms. The van der Waals surface area contributed by atoms with Crippen molar-refractivity contribution in [2.45, 2.75) is 32.1 Å². The van der Waals surface area contributed by atoms with Crippen molar-refractivity contribution in [1.82, 2.24) is 0 Å². The van der Waals surface area contributed by atoms with Gasteiger partial charge in [-0.05, 0) is 61.1 Å². The first kappa shape index (κ1) is 21.9. The molecule has 0 aliphatic carbocycles. The number of benzene rings is 2. The zero-order valence-corrected chi connectivity index (χ0v) is 19.4. The lowest BCUT2D eigenvalue weighted by molar-refractivity contribution is 0.354. The molecule has 0 aliphatic heterocycles. The van der Waals surface area contributed by atoms with E-state index in [4.69, 9.17) is 18.9 Å². The van der Waals surface area contributed by atoms with Gasteiger partial charge in [-0.25, -0.2) is 0 Å². The predicted molar refractivity (Wildman–Crippen MR) is 116 cm³/mol. The molecule has 6 heteroatoms. The normalized spacial score (nSPS) is 10.6. The summed E-state index contributed by atoms with van der Waals surface area (Å²) in [6.45, 7) is 0. The third-order valence-electron chi connectivity index (χ3n) is 4.50. The molecule has 4 nitrogen and oxygen atoms in total. The summed E-state index contributed by atoms with van der Waals surface area (Å²) in [7, 11) is 6.62. The molecule has 0 fully saturated rings. The van der Waals surface area contributed by atoms with E-state index in [0.29, 0.717) is 0 Å². The number of ether oxygens (including phenoxy) is 4. The average Bonchev–Trinajstić information content (AvgIpc) is 2.68. The SMILES string of the molecule is COc1cc(Br)c(CCCCCc2cc(OC)c(OC)cc2Br)cc1OC. The van der Waals surface area contributed by atoms with Crippen molar-refractivity contribution in [3.8, 4) is 23.0 Å². The lowest BCUT2D eigenvalue weighted by atomic mass is 10.0. The minimum Gasteiger partial charge on any atom is -0.493 e. The predicted octanol–water partition coefficient (Wildman–Crippen LogP) is 6.20. The van der Waals surface area contributed by atoms with Crippen molar-refractivity contribution < 1.29 is 18.9 Å². The minimum absolute atomic E-state index is 0.742. The summed E-state index contributed by atoms with van der Waals surface area (Å²) in [5.41, 5.74) is 2.47. The van der Waals surface area contributed by atoms with Gasteiger partial charge in [0.25, 0.3) is 0 Å². The lowest BCUT2D eigenvalue weighted by Crippen LogP contribution is -1.96. The number of unbranched alkanes of at least 4 members (excludes halogenated alkanes) is 2. The highest BCUT2D eigenvalue weighted by Crippen LogP contribution is 2.35. The Balaban J connectivity index is 1.89. The Morgan fingerprint density at radius 1 is 0.556 bits per heavy atom. The molecule has 0 saturated carbocycles. The fraction of sp³-hybridized carbons (Fsp3) is 0.429. The van der Waals surface area contributed by atoms with E-state index in [1.807, 2.05) is 24.3 Å². The zero-order chi connectivity index (χ0) is 19.8. The number of hydrogen-bond acceptors (Lipinski definition) is 4. The Kier molecular flexibility index (Phi) is 8.77. The molecule has 0 heterocycles. The second-order valence-corrected chi connectivity index (χ2v) is 7.87. The molecule has 148 valence electrons. The number of rotatable bonds is 10. The molecule has 0 unspecified atom stereocenters. The van der Waals surface area contributed by atoms with Crippen LogP contribution in [0.3, 0.4) is 0 Å². The summed E-state index contributed by atoms with van der Waals surface area (Å²) >= 11 is 7.26. The molecule has 0 saturated heterocycles. The van der Waals surface area contributed by atoms with Crippen molar-refractivity contribution in [2.75, 3.05) is 28.4 Å². The van der Waals surface area contributed by atoms with Gasteiger partial charge in [0.15, 0.2) is 23.0 Å². The van der Waals surface area contributed by atoms with Gasteiger partial charge in [-0.2, -0.15) is 0 Å². The fourth-order valence-electron chi connectivity index (χ4n) is 2.98. The van der Waals surface area contributed by atoms with E-state index < -0.39 is 0 Å². The van der Waals surface area contributed by atoms with Crippen molar-refractivity contribution >= 4 is 31.9 Å². The molecule has 0 atom stereocenters. The molecule has 2 aromatic carbocycles. The van der Waals surface area contributed by atoms with Crippen LogP contribution >= 0.6 is 31.9 Å². The van der Waals surface area contributed by atoms with Gasteiger partial charge in [0.05, 0.1) is 28.4 Å². The summed E-state index contributed by atoms with van der Waals surface area (Å²) in [5.74, 6) is 3.02. The third-order valence-corrected chi connectivity index (χ3v) is 5.97. The van der Waals surface area contributed by atoms with Gasteiger partial charge < -0.3 is 18.9 Å². The van der Waals surface area contributed by atoms with Crippen molar-refractivity contribution in [2.24, 2.45) is 0 Å². The van der Waals surface area contributed by atoms with Crippen LogP contribution in [0, 0.1) is 0 Å². The van der Waals surface area contributed by atoms with E-state index in [2.05, 4.69) is 31.9 Å². The second-order valence-electron chi connectivity index (χ2n) is 6.16. The standard InChI is InChI=1S/C21H26Br2O4/c1-24-18-10-14(16(22)12-20(18)26-3)8-6-5-7-9-15-11-19(25-2)21(27-4)13-17(15)23/h10-13H,5-9H2,1-4H3. The van der Waals surface area contributed by atoms with Crippen molar-refractivity contribution in [3.63, 3.8) is 0 Å². The van der Waals surface area contributed by atoms with E-state index in [0.717, 1.165) is 64.0 Å². The molecule has 2 aromatic rings. The first-order valence-corrected chi connectivity index (χ1v) is 10.4. The molecule has 0 aromatic heterocycles. The Bertz CT molecular complexity index is 699. The first-order chi connectivity index (χ1) is 13.0. The van der Waals surface area contributed by atoms with Gasteiger partial charge in [-0.3, -0.25) is 0 Å². The van der Waals surface area contributed by atoms with Crippen LogP contribution in [-0.2, 0) is 12.8 Å². The fourth-order valence-corrected chi connectivity index (χ4v) is 4.02. The van der Waals surface area contributed by atoms with Crippen LogP contribution in [-0.4, -0.2) is 28.4 Å². The quantitative estimate of drug-likeness (QED) is 0.363. The van der Waals surface area contributed by atoms with E-state index in [9.17, 15) is 0 Å². The highest BCUT2D eigenvalue weighted by atomic mass is 79.9. The molecular weight excluding hydrogens is 476 g/mol. The van der Waals surface area contributed by atoms with Crippen molar-refractivity contribution in [3.05, 3.63) is 44.3 Å². The molecular formula is C21H26Br2O4. The van der Waals surface area contributed by atoms with Crippen LogP contribution in [0.2, 0.25) is 0 Å². The molecule has 0 bridgehead atoms. The number of halogens is 2. The van der Waals surface area contributed by atoms with Gasteiger partial charge in [0, 0.05) is 8.95 Å². The minimum atomic E-state index is 0.742. The maximum absolute atomic E-state index is 5.40. The van der Waals surface area contributed by atoms with Crippen LogP contribution in [0.5, 0.6) is 23.0 Å². The summed E-state index contributed by atoms with van der Waals surface area (Å²) in [6, 6.07) is 8.03. The van der Waals surface area contributed by atoms with Gasteiger partial charge in [-0.1, -0.05) is 38.3 Å². The Hall–Kier alpha value is -1.40. The molecule has 27 heavy (non-hydrogen) atoms. The number of hydrogen-bond donors (Lipinski definition) is 0. The summed E-state index contributed by atoms with van der Waals surface area (Å²) in [6.07, 6.45) is 5.35. The van der Waals surface area contributed by atoms with Crippen LogP contribution < -0.4 is 18.9 Å². The summed E-state index contributed by atoms with van der Waals surface area (Å²) < 4.78 is 23.6. The Labute approximate surface area is 178 Å². The largest absolute Gasteiger partial charge is 0.493 e. The first-order valence-electron chi connectivity index (χ1n) is 8.84. The monoisotopic (exact) mass is 500 g/mol. The highest BCUT2D eigenvalue weighted by Gasteiger charge is 2.11.